The van der Waals surface area contributed by atoms with Gasteiger partial charge in [0.15, 0.2) is 0 Å². The van der Waals surface area contributed by atoms with Crippen molar-refractivity contribution in [2.24, 2.45) is 0 Å². The van der Waals surface area contributed by atoms with Crippen molar-refractivity contribution >= 4 is 22.4 Å². The Morgan fingerprint density at radius 2 is 1.81 bits per heavy atom. The van der Waals surface area contributed by atoms with Gasteiger partial charge in [-0.25, -0.2) is 0 Å². The summed E-state index contributed by atoms with van der Waals surface area (Å²) in [6, 6.07) is 3.73. The van der Waals surface area contributed by atoms with Crippen LogP contribution in [-0.4, -0.2) is 64.8 Å². The van der Waals surface area contributed by atoms with E-state index in [1.807, 2.05) is 22.9 Å². The molecule has 0 bridgehead atoms. The van der Waals surface area contributed by atoms with Gasteiger partial charge in [-0.2, -0.15) is 0 Å². The monoisotopic (exact) mass is 374 g/mol. The molecule has 0 radical (unpaired) electrons. The molecular formula is C18H26N6OS. The topological polar surface area (TPSA) is 66.3 Å². The average molecular weight is 375 g/mol. The molecular weight excluding hydrogens is 348 g/mol. The summed E-state index contributed by atoms with van der Waals surface area (Å²) < 4.78 is 1.84. The zero-order chi connectivity index (χ0) is 17.8. The number of carbonyl (C=O) groups excluding carboxylic acids is 1. The number of rotatable bonds is 7. The Kier molecular flexibility index (Phi) is 5.50. The molecule has 2 aromatic rings. The molecule has 2 fully saturated rings. The predicted molar refractivity (Wildman–Crippen MR) is 103 cm³/mol. The Bertz CT molecular complexity index is 730. The molecule has 0 aliphatic carbocycles. The second kappa shape index (κ2) is 8.18. The normalized spacial score (nSPS) is 17.9. The van der Waals surface area contributed by atoms with Crippen LogP contribution in [0.25, 0.3) is 5.13 Å². The van der Waals surface area contributed by atoms with E-state index in [1.165, 1.54) is 38.8 Å². The molecule has 2 saturated heterocycles. The highest BCUT2D eigenvalue weighted by atomic mass is 32.1. The first-order valence-corrected chi connectivity index (χ1v) is 10.4. The summed E-state index contributed by atoms with van der Waals surface area (Å²) in [6.45, 7) is 6.27. The number of aromatic nitrogens is 3. The first-order chi connectivity index (χ1) is 12.8. The van der Waals surface area contributed by atoms with E-state index in [4.69, 9.17) is 0 Å². The molecule has 1 N–H and O–H groups in total. The molecule has 8 heteroatoms. The molecule has 2 aliphatic heterocycles. The molecule has 2 aromatic heterocycles. The molecule has 0 atom stereocenters. The van der Waals surface area contributed by atoms with Crippen molar-refractivity contribution in [3.63, 3.8) is 0 Å². The molecule has 0 aromatic carbocycles. The van der Waals surface area contributed by atoms with E-state index in [0.29, 0.717) is 12.2 Å². The van der Waals surface area contributed by atoms with Gasteiger partial charge < -0.3 is 15.1 Å². The molecule has 2 aliphatic rings. The fraction of sp³-hybridized carbons (Fsp3) is 0.611. The summed E-state index contributed by atoms with van der Waals surface area (Å²) >= 11 is 1.54. The van der Waals surface area contributed by atoms with Crippen LogP contribution in [0.5, 0.6) is 0 Å². The van der Waals surface area contributed by atoms with Crippen LogP contribution in [0.2, 0.25) is 0 Å². The third kappa shape index (κ3) is 3.91. The van der Waals surface area contributed by atoms with Crippen molar-refractivity contribution in [1.29, 1.82) is 0 Å². The van der Waals surface area contributed by atoms with Gasteiger partial charge in [-0.15, -0.1) is 10.2 Å². The number of nitrogens with one attached hydrogen (secondary N) is 1. The van der Waals surface area contributed by atoms with Crippen molar-refractivity contribution in [2.75, 3.05) is 44.2 Å². The standard InChI is InChI=1S/C18H26N6OS/c25-16(19-8-6-11-22-9-1-2-10-22)15-7-5-14-24(15)18-21-20-17(26-18)23-12-3-4-13-23/h5,7,14H,1-4,6,8-13H2,(H,19,25). The van der Waals surface area contributed by atoms with E-state index in [0.717, 1.165) is 36.3 Å². The molecule has 26 heavy (non-hydrogen) atoms. The van der Waals surface area contributed by atoms with Crippen LogP contribution in [0.15, 0.2) is 18.3 Å². The summed E-state index contributed by atoms with van der Waals surface area (Å²) in [7, 11) is 0. The zero-order valence-corrected chi connectivity index (χ0v) is 15.9. The summed E-state index contributed by atoms with van der Waals surface area (Å²) in [4.78, 5) is 17.3. The zero-order valence-electron chi connectivity index (χ0n) is 15.1. The van der Waals surface area contributed by atoms with E-state index in [9.17, 15) is 4.79 Å². The van der Waals surface area contributed by atoms with Crippen LogP contribution in [0.1, 0.15) is 42.6 Å². The number of carbonyl (C=O) groups is 1. The summed E-state index contributed by atoms with van der Waals surface area (Å²) in [5.74, 6) is -0.0469. The lowest BCUT2D eigenvalue weighted by molar-refractivity contribution is 0.0945. The smallest absolute Gasteiger partial charge is 0.268 e. The maximum atomic E-state index is 12.6. The van der Waals surface area contributed by atoms with Gasteiger partial charge in [-0.3, -0.25) is 9.36 Å². The van der Waals surface area contributed by atoms with Gasteiger partial charge in [0.1, 0.15) is 5.69 Å². The molecule has 140 valence electrons. The first-order valence-electron chi connectivity index (χ1n) is 9.58. The van der Waals surface area contributed by atoms with E-state index in [1.54, 1.807) is 11.3 Å². The molecule has 0 spiro atoms. The molecule has 0 saturated carbocycles. The number of hydrogen-bond donors (Lipinski definition) is 1. The second-order valence-corrected chi connectivity index (χ2v) is 7.92. The van der Waals surface area contributed by atoms with Crippen molar-refractivity contribution in [3.8, 4) is 5.13 Å². The van der Waals surface area contributed by atoms with Crippen LogP contribution < -0.4 is 10.2 Å². The highest BCUT2D eigenvalue weighted by molar-refractivity contribution is 7.17. The fourth-order valence-electron chi connectivity index (χ4n) is 3.68. The van der Waals surface area contributed by atoms with Crippen molar-refractivity contribution in [1.82, 2.24) is 25.0 Å². The first kappa shape index (κ1) is 17.5. The number of hydrogen-bond acceptors (Lipinski definition) is 6. The Balaban J connectivity index is 1.34. The minimum Gasteiger partial charge on any atom is -0.351 e. The average Bonchev–Trinajstić information content (AvgIpc) is 3.44. The van der Waals surface area contributed by atoms with Crippen molar-refractivity contribution < 1.29 is 4.79 Å². The van der Waals surface area contributed by atoms with Crippen molar-refractivity contribution in [3.05, 3.63) is 24.0 Å². The SMILES string of the molecule is O=C(NCCCN1CCCC1)c1cccn1-c1nnc(N2CCCC2)s1. The number of nitrogens with zero attached hydrogens (tertiary/aromatic N) is 5. The van der Waals surface area contributed by atoms with Gasteiger partial charge in [-0.1, -0.05) is 11.3 Å². The molecule has 7 nitrogen and oxygen atoms in total. The molecule has 0 unspecified atom stereocenters. The van der Waals surface area contributed by atoms with Gasteiger partial charge in [0.25, 0.3) is 5.91 Å². The van der Waals surface area contributed by atoms with Gasteiger partial charge in [0.2, 0.25) is 10.3 Å². The van der Waals surface area contributed by atoms with Gasteiger partial charge in [-0.05, 0) is 63.9 Å². The third-order valence-corrected chi connectivity index (χ3v) is 6.09. The lowest BCUT2D eigenvalue weighted by Gasteiger charge is -2.14. The van der Waals surface area contributed by atoms with Gasteiger partial charge in [0, 0.05) is 25.8 Å². The maximum absolute atomic E-state index is 12.6. The van der Waals surface area contributed by atoms with Crippen LogP contribution in [0.4, 0.5) is 5.13 Å². The minimum absolute atomic E-state index is 0.0469. The minimum atomic E-state index is -0.0469. The third-order valence-electron chi connectivity index (χ3n) is 5.10. The van der Waals surface area contributed by atoms with Gasteiger partial charge in [0.05, 0.1) is 0 Å². The molecule has 1 amide bonds. The Labute approximate surface area is 158 Å². The lowest BCUT2D eigenvalue weighted by Crippen LogP contribution is -2.29. The largest absolute Gasteiger partial charge is 0.351 e. The number of anilines is 1. The van der Waals surface area contributed by atoms with Crippen LogP contribution in [-0.2, 0) is 0 Å². The lowest BCUT2D eigenvalue weighted by atomic mass is 10.3. The number of amides is 1. The van der Waals surface area contributed by atoms with E-state index >= 15 is 0 Å². The van der Waals surface area contributed by atoms with E-state index in [2.05, 4.69) is 25.3 Å². The van der Waals surface area contributed by atoms with Gasteiger partial charge >= 0.3 is 0 Å². The van der Waals surface area contributed by atoms with E-state index in [-0.39, 0.29) is 5.91 Å². The molecule has 4 heterocycles. The number of likely N-dealkylation sites (tertiary alicyclic amines) is 1. The Morgan fingerprint density at radius 3 is 2.62 bits per heavy atom. The summed E-state index contributed by atoms with van der Waals surface area (Å²) in [6.07, 6.45) is 7.91. The van der Waals surface area contributed by atoms with Crippen molar-refractivity contribution in [2.45, 2.75) is 32.1 Å². The van der Waals surface area contributed by atoms with Crippen LogP contribution in [0, 0.1) is 0 Å². The predicted octanol–water partition coefficient (Wildman–Crippen LogP) is 2.14. The maximum Gasteiger partial charge on any atom is 0.268 e. The highest BCUT2D eigenvalue weighted by Crippen LogP contribution is 2.27. The highest BCUT2D eigenvalue weighted by Gasteiger charge is 2.19. The quantitative estimate of drug-likeness (QED) is 0.752. The summed E-state index contributed by atoms with van der Waals surface area (Å²) in [5.41, 5.74) is 0.621. The Morgan fingerprint density at radius 1 is 1.08 bits per heavy atom. The summed E-state index contributed by atoms with van der Waals surface area (Å²) in [5, 5.41) is 13.3. The fourth-order valence-corrected chi connectivity index (χ4v) is 4.57. The second-order valence-electron chi connectivity index (χ2n) is 6.98. The van der Waals surface area contributed by atoms with Crippen LogP contribution in [0.3, 0.4) is 0 Å². The molecule has 4 rings (SSSR count). The van der Waals surface area contributed by atoms with Crippen LogP contribution >= 0.6 is 11.3 Å². The Hall–Kier alpha value is -1.93. The van der Waals surface area contributed by atoms with E-state index < -0.39 is 0 Å².